The van der Waals surface area contributed by atoms with E-state index in [0.717, 1.165) is 26.6 Å². The van der Waals surface area contributed by atoms with Gasteiger partial charge in [-0.25, -0.2) is 4.98 Å². The van der Waals surface area contributed by atoms with E-state index in [1.165, 1.54) is 0 Å². The molecule has 2 heterocycles. The Labute approximate surface area is 119 Å². The van der Waals surface area contributed by atoms with Gasteiger partial charge in [0.2, 0.25) is 0 Å². The van der Waals surface area contributed by atoms with Gasteiger partial charge in [0, 0.05) is 46.8 Å². The molecule has 0 aliphatic rings. The first-order chi connectivity index (χ1) is 9.24. The summed E-state index contributed by atoms with van der Waals surface area (Å²) in [5.41, 5.74) is 1.14. The molecule has 4 nitrogen and oxygen atoms in total. The molecule has 0 aliphatic carbocycles. The van der Waals surface area contributed by atoms with Crippen LogP contribution in [0.4, 0.5) is 5.82 Å². The normalized spacial score (nSPS) is 10.8. The zero-order valence-corrected chi connectivity index (χ0v) is 12.1. The quantitative estimate of drug-likeness (QED) is 0.805. The number of pyridine rings is 1. The first-order valence-electron chi connectivity index (χ1n) is 5.98. The largest absolute Gasteiger partial charge is 0.365 e. The van der Waals surface area contributed by atoms with Crippen molar-refractivity contribution in [2.45, 2.75) is 6.54 Å². The predicted molar refractivity (Wildman–Crippen MR) is 80.0 cm³/mol. The van der Waals surface area contributed by atoms with E-state index in [-0.39, 0.29) is 0 Å². The number of fused-ring (bicyclic) bond motifs is 1. The van der Waals surface area contributed by atoms with Crippen molar-refractivity contribution in [3.8, 4) is 0 Å². The predicted octanol–water partition coefficient (Wildman–Crippen LogP) is 3.34. The Kier molecular flexibility index (Phi) is 3.21. The maximum atomic E-state index is 4.41. The van der Waals surface area contributed by atoms with Gasteiger partial charge in [0.15, 0.2) is 0 Å². The molecule has 2 aromatic heterocycles. The molecule has 3 rings (SSSR count). The molecule has 3 aromatic rings. The highest BCUT2D eigenvalue weighted by Crippen LogP contribution is 2.27. The van der Waals surface area contributed by atoms with Crippen LogP contribution in [-0.4, -0.2) is 14.8 Å². The van der Waals surface area contributed by atoms with Crippen molar-refractivity contribution in [3.63, 3.8) is 0 Å². The summed E-state index contributed by atoms with van der Waals surface area (Å²) in [6.45, 7) is 0.715. The molecule has 0 bridgehead atoms. The highest BCUT2D eigenvalue weighted by atomic mass is 79.9. The summed E-state index contributed by atoms with van der Waals surface area (Å²) in [5.74, 6) is 0.891. The van der Waals surface area contributed by atoms with Crippen molar-refractivity contribution in [1.29, 1.82) is 0 Å². The van der Waals surface area contributed by atoms with Crippen LogP contribution >= 0.6 is 15.9 Å². The fraction of sp³-hybridized carbons (Fsp3) is 0.143. The summed E-state index contributed by atoms with van der Waals surface area (Å²) in [5, 5.41) is 9.78. The lowest BCUT2D eigenvalue weighted by Gasteiger charge is -2.08. The smallest absolute Gasteiger partial charge is 0.134 e. The third-order valence-corrected chi connectivity index (χ3v) is 3.66. The molecule has 1 N–H and O–H groups in total. The van der Waals surface area contributed by atoms with Gasteiger partial charge < -0.3 is 5.32 Å². The Morgan fingerprint density at radius 2 is 2.16 bits per heavy atom. The number of anilines is 1. The Morgan fingerprint density at radius 3 is 2.95 bits per heavy atom. The minimum absolute atomic E-state index is 0.715. The van der Waals surface area contributed by atoms with Crippen molar-refractivity contribution in [1.82, 2.24) is 14.8 Å². The summed E-state index contributed by atoms with van der Waals surface area (Å²) < 4.78 is 2.88. The molecule has 0 spiro atoms. The molecule has 1 aromatic carbocycles. The van der Waals surface area contributed by atoms with Gasteiger partial charge in [0.05, 0.1) is 6.20 Å². The lowest BCUT2D eigenvalue weighted by Crippen LogP contribution is -2.01. The lowest BCUT2D eigenvalue weighted by atomic mass is 10.1. The van der Waals surface area contributed by atoms with Crippen LogP contribution < -0.4 is 5.32 Å². The minimum atomic E-state index is 0.715. The average molecular weight is 317 g/mol. The van der Waals surface area contributed by atoms with E-state index in [9.17, 15) is 0 Å². The highest BCUT2D eigenvalue weighted by molar-refractivity contribution is 9.10. The fourth-order valence-electron chi connectivity index (χ4n) is 2.06. The Morgan fingerprint density at radius 1 is 1.26 bits per heavy atom. The molecule has 0 amide bonds. The summed E-state index contributed by atoms with van der Waals surface area (Å²) in [6.07, 6.45) is 5.67. The number of aryl methyl sites for hydroxylation is 1. The Hall–Kier alpha value is -1.88. The maximum Gasteiger partial charge on any atom is 0.134 e. The summed E-state index contributed by atoms with van der Waals surface area (Å²) in [6, 6.07) is 8.13. The number of aromatic nitrogens is 3. The molecule has 5 heteroatoms. The van der Waals surface area contributed by atoms with Crippen molar-refractivity contribution in [2.75, 3.05) is 5.32 Å². The second kappa shape index (κ2) is 5.01. The molecule has 0 radical (unpaired) electrons. The van der Waals surface area contributed by atoms with E-state index in [1.54, 1.807) is 4.68 Å². The fourth-order valence-corrected chi connectivity index (χ4v) is 2.56. The van der Waals surface area contributed by atoms with E-state index < -0.39 is 0 Å². The molecule has 0 unspecified atom stereocenters. The van der Waals surface area contributed by atoms with Gasteiger partial charge >= 0.3 is 0 Å². The molecule has 0 saturated heterocycles. The van der Waals surface area contributed by atoms with Crippen LogP contribution in [0.25, 0.3) is 10.8 Å². The SMILES string of the molecule is Cn1cc(CNc2nccc3c(Br)cccc23)cn1. The summed E-state index contributed by atoms with van der Waals surface area (Å²) >= 11 is 3.56. The van der Waals surface area contributed by atoms with Gasteiger partial charge in [0.1, 0.15) is 5.82 Å². The zero-order chi connectivity index (χ0) is 13.2. The number of hydrogen-bond donors (Lipinski definition) is 1. The van der Waals surface area contributed by atoms with Crippen LogP contribution in [0.5, 0.6) is 0 Å². The number of halogens is 1. The average Bonchev–Trinajstić information content (AvgIpc) is 2.83. The van der Waals surface area contributed by atoms with Crippen LogP contribution in [0, 0.1) is 0 Å². The first-order valence-corrected chi connectivity index (χ1v) is 6.78. The molecule has 0 fully saturated rings. The number of rotatable bonds is 3. The highest BCUT2D eigenvalue weighted by Gasteiger charge is 2.04. The summed E-state index contributed by atoms with van der Waals surface area (Å²) in [7, 11) is 1.91. The number of nitrogens with one attached hydrogen (secondary N) is 1. The summed E-state index contributed by atoms with van der Waals surface area (Å²) in [4.78, 5) is 4.41. The van der Waals surface area contributed by atoms with Crippen LogP contribution in [0.3, 0.4) is 0 Å². The third-order valence-electron chi connectivity index (χ3n) is 2.97. The molecular weight excluding hydrogens is 304 g/mol. The van der Waals surface area contributed by atoms with E-state index in [0.29, 0.717) is 6.54 Å². The van der Waals surface area contributed by atoms with E-state index in [1.807, 2.05) is 43.8 Å². The van der Waals surface area contributed by atoms with E-state index >= 15 is 0 Å². The van der Waals surface area contributed by atoms with Gasteiger partial charge in [-0.3, -0.25) is 4.68 Å². The van der Waals surface area contributed by atoms with Gasteiger partial charge in [-0.1, -0.05) is 28.1 Å². The number of hydrogen-bond acceptors (Lipinski definition) is 3. The van der Waals surface area contributed by atoms with Crippen LogP contribution in [-0.2, 0) is 13.6 Å². The molecule has 19 heavy (non-hydrogen) atoms. The third kappa shape index (κ3) is 2.46. The van der Waals surface area contributed by atoms with E-state index in [4.69, 9.17) is 0 Å². The first kappa shape index (κ1) is 12.2. The van der Waals surface area contributed by atoms with Gasteiger partial charge in [-0.05, 0) is 12.1 Å². The zero-order valence-electron chi connectivity index (χ0n) is 10.5. The topological polar surface area (TPSA) is 42.7 Å². The molecule has 0 saturated carbocycles. The monoisotopic (exact) mass is 316 g/mol. The van der Waals surface area contributed by atoms with Crippen molar-refractivity contribution in [3.05, 3.63) is 52.9 Å². The van der Waals surface area contributed by atoms with Crippen molar-refractivity contribution >= 4 is 32.5 Å². The van der Waals surface area contributed by atoms with Gasteiger partial charge in [-0.15, -0.1) is 0 Å². The Bertz CT molecular complexity index is 720. The van der Waals surface area contributed by atoms with Gasteiger partial charge in [0.25, 0.3) is 0 Å². The van der Waals surface area contributed by atoms with Crippen molar-refractivity contribution in [2.24, 2.45) is 7.05 Å². The lowest BCUT2D eigenvalue weighted by molar-refractivity contribution is 0.767. The Balaban J connectivity index is 1.91. The molecule has 96 valence electrons. The standard InChI is InChI=1S/C14H13BrN4/c1-19-9-10(8-18-19)7-17-14-12-3-2-4-13(15)11(12)5-6-16-14/h2-6,8-9H,7H2,1H3,(H,16,17). The van der Waals surface area contributed by atoms with Crippen LogP contribution in [0.15, 0.2) is 47.3 Å². The van der Waals surface area contributed by atoms with Crippen molar-refractivity contribution < 1.29 is 0 Å². The molecule has 0 aliphatic heterocycles. The van der Waals surface area contributed by atoms with Crippen LogP contribution in [0.1, 0.15) is 5.56 Å². The second-order valence-corrected chi connectivity index (χ2v) is 5.22. The molecular formula is C14H13BrN4. The maximum absolute atomic E-state index is 4.41. The van der Waals surface area contributed by atoms with E-state index in [2.05, 4.69) is 37.4 Å². The van der Waals surface area contributed by atoms with Crippen LogP contribution in [0.2, 0.25) is 0 Å². The second-order valence-electron chi connectivity index (χ2n) is 4.37. The number of nitrogens with zero attached hydrogens (tertiary/aromatic N) is 3. The molecule has 0 atom stereocenters. The van der Waals surface area contributed by atoms with Gasteiger partial charge in [-0.2, -0.15) is 5.10 Å². The minimum Gasteiger partial charge on any atom is -0.365 e. The number of benzene rings is 1.